The number of carbonyl (C=O) groups is 1. The highest BCUT2D eigenvalue weighted by molar-refractivity contribution is 9.10. The van der Waals surface area contributed by atoms with Crippen molar-refractivity contribution >= 4 is 62.3 Å². The summed E-state index contributed by atoms with van der Waals surface area (Å²) in [5.74, 6) is 0.195. The molecule has 22 heavy (non-hydrogen) atoms. The first-order chi connectivity index (χ1) is 10.4. The number of benzene rings is 2. The van der Waals surface area contributed by atoms with Crippen LogP contribution in [0.1, 0.15) is 6.92 Å². The van der Waals surface area contributed by atoms with Gasteiger partial charge in [-0.05, 0) is 59.3 Å². The average molecular weight is 424 g/mol. The molecule has 1 amide bonds. The second-order valence-corrected chi connectivity index (χ2v) is 6.58. The molecule has 2 aromatic rings. The van der Waals surface area contributed by atoms with Crippen LogP contribution in [0, 0.1) is 0 Å². The minimum Gasteiger partial charge on any atom is -0.480 e. The molecule has 0 heterocycles. The van der Waals surface area contributed by atoms with Gasteiger partial charge < -0.3 is 10.1 Å². The van der Waals surface area contributed by atoms with Crippen molar-refractivity contribution in [3.63, 3.8) is 0 Å². The molecular formula is C15H11BrCl3NO2. The number of ether oxygens (including phenoxy) is 1. The van der Waals surface area contributed by atoms with E-state index >= 15 is 0 Å². The van der Waals surface area contributed by atoms with E-state index in [-0.39, 0.29) is 5.91 Å². The lowest BCUT2D eigenvalue weighted by Gasteiger charge is -2.16. The largest absolute Gasteiger partial charge is 0.480 e. The summed E-state index contributed by atoms with van der Waals surface area (Å²) in [5.41, 5.74) is 0.474. The van der Waals surface area contributed by atoms with Gasteiger partial charge >= 0.3 is 0 Å². The lowest BCUT2D eigenvalue weighted by molar-refractivity contribution is -0.122. The van der Waals surface area contributed by atoms with E-state index in [4.69, 9.17) is 39.5 Å². The molecule has 0 saturated carbocycles. The molecule has 1 N–H and O–H groups in total. The number of rotatable bonds is 4. The summed E-state index contributed by atoms with van der Waals surface area (Å²) in [6.07, 6.45) is -0.718. The maximum Gasteiger partial charge on any atom is 0.265 e. The Morgan fingerprint density at radius 3 is 2.41 bits per heavy atom. The molecule has 0 fully saturated rings. The van der Waals surface area contributed by atoms with Crippen LogP contribution in [0.2, 0.25) is 15.1 Å². The van der Waals surface area contributed by atoms with Crippen LogP contribution >= 0.6 is 50.7 Å². The van der Waals surface area contributed by atoms with Gasteiger partial charge in [0, 0.05) is 10.0 Å². The molecule has 3 nitrogen and oxygen atoms in total. The van der Waals surface area contributed by atoms with Crippen molar-refractivity contribution in [2.24, 2.45) is 0 Å². The van der Waals surface area contributed by atoms with Crippen LogP contribution in [0.3, 0.4) is 0 Å². The molecule has 0 radical (unpaired) electrons. The molecule has 0 aromatic heterocycles. The molecule has 1 atom stereocenters. The lowest BCUT2D eigenvalue weighted by atomic mass is 10.3. The average Bonchev–Trinajstić information content (AvgIpc) is 2.44. The zero-order valence-electron chi connectivity index (χ0n) is 11.4. The Bertz CT molecular complexity index is 709. The quantitative estimate of drug-likeness (QED) is 0.673. The molecule has 0 aliphatic carbocycles. The molecule has 2 rings (SSSR count). The van der Waals surface area contributed by atoms with Gasteiger partial charge in [-0.2, -0.15) is 0 Å². The zero-order chi connectivity index (χ0) is 16.3. The third-order valence-electron chi connectivity index (χ3n) is 2.76. The number of amides is 1. The highest BCUT2D eigenvalue weighted by Gasteiger charge is 2.17. The van der Waals surface area contributed by atoms with Crippen molar-refractivity contribution < 1.29 is 9.53 Å². The van der Waals surface area contributed by atoms with Crippen molar-refractivity contribution in [3.8, 4) is 5.75 Å². The summed E-state index contributed by atoms with van der Waals surface area (Å²) in [6, 6.07) is 9.89. The summed E-state index contributed by atoms with van der Waals surface area (Å²) in [4.78, 5) is 12.2. The number of nitrogens with one attached hydrogen (secondary N) is 1. The molecule has 0 saturated heterocycles. The molecular weight excluding hydrogens is 412 g/mol. The maximum atomic E-state index is 12.2. The predicted molar refractivity (Wildman–Crippen MR) is 94.3 cm³/mol. The minimum atomic E-state index is -0.718. The van der Waals surface area contributed by atoms with Crippen molar-refractivity contribution in [1.82, 2.24) is 0 Å². The fourth-order valence-corrected chi connectivity index (χ4v) is 2.87. The number of hydrogen-bond acceptors (Lipinski definition) is 2. The first-order valence-electron chi connectivity index (χ1n) is 6.24. The van der Waals surface area contributed by atoms with Crippen LogP contribution in [0.5, 0.6) is 5.75 Å². The van der Waals surface area contributed by atoms with Gasteiger partial charge in [0.15, 0.2) is 6.10 Å². The molecule has 0 aliphatic rings. The lowest BCUT2D eigenvalue weighted by Crippen LogP contribution is -2.30. The van der Waals surface area contributed by atoms with E-state index in [2.05, 4.69) is 21.2 Å². The second-order valence-electron chi connectivity index (χ2n) is 4.45. The zero-order valence-corrected chi connectivity index (χ0v) is 15.2. The van der Waals surface area contributed by atoms with Crippen molar-refractivity contribution in [2.45, 2.75) is 13.0 Å². The van der Waals surface area contributed by atoms with Crippen LogP contribution in [0.25, 0.3) is 0 Å². The Morgan fingerprint density at radius 2 is 1.77 bits per heavy atom. The van der Waals surface area contributed by atoms with Gasteiger partial charge in [-0.3, -0.25) is 4.79 Å². The van der Waals surface area contributed by atoms with E-state index in [1.807, 2.05) is 0 Å². The third-order valence-corrected chi connectivity index (χ3v) is 4.16. The minimum absolute atomic E-state index is 0.328. The fraction of sp³-hybridized carbons (Fsp3) is 0.133. The Balaban J connectivity index is 2.05. The van der Waals surface area contributed by atoms with Crippen molar-refractivity contribution in [1.29, 1.82) is 0 Å². The Hall–Kier alpha value is -0.940. The van der Waals surface area contributed by atoms with Crippen LogP contribution in [0.4, 0.5) is 5.69 Å². The molecule has 1 unspecified atom stereocenters. The molecule has 0 spiro atoms. The molecule has 0 aliphatic heterocycles. The number of hydrogen-bond donors (Lipinski definition) is 1. The molecule has 2 aromatic carbocycles. The van der Waals surface area contributed by atoms with Crippen LogP contribution in [-0.4, -0.2) is 12.0 Å². The first kappa shape index (κ1) is 17.4. The summed E-state index contributed by atoms with van der Waals surface area (Å²) in [6.45, 7) is 1.64. The van der Waals surface area contributed by atoms with E-state index in [1.165, 1.54) is 0 Å². The van der Waals surface area contributed by atoms with Crippen LogP contribution in [-0.2, 0) is 4.79 Å². The summed E-state index contributed by atoms with van der Waals surface area (Å²) in [5, 5.41) is 4.13. The van der Waals surface area contributed by atoms with Crippen molar-refractivity contribution in [2.75, 3.05) is 5.32 Å². The van der Waals surface area contributed by atoms with E-state index < -0.39 is 6.10 Å². The molecule has 7 heteroatoms. The molecule has 116 valence electrons. The topological polar surface area (TPSA) is 38.3 Å². The normalized spacial score (nSPS) is 11.9. The summed E-state index contributed by atoms with van der Waals surface area (Å²) < 4.78 is 6.28. The smallest absolute Gasteiger partial charge is 0.265 e. The standard InChI is InChI=1S/C15H11BrCl3NO2/c1-8(22-14-5-3-9(17)6-11(14)16)15(21)20-13-4-2-10(18)7-12(13)19/h2-8H,1H3,(H,20,21). The predicted octanol–water partition coefficient (Wildman–Crippen LogP) is 5.82. The van der Waals surface area contributed by atoms with E-state index in [0.29, 0.717) is 31.0 Å². The van der Waals surface area contributed by atoms with Crippen molar-refractivity contribution in [3.05, 3.63) is 55.9 Å². The Labute approximate surface area is 151 Å². The summed E-state index contributed by atoms with van der Waals surface area (Å²) in [7, 11) is 0. The fourth-order valence-electron chi connectivity index (χ4n) is 1.64. The number of anilines is 1. The maximum absolute atomic E-state index is 12.2. The third kappa shape index (κ3) is 4.53. The highest BCUT2D eigenvalue weighted by atomic mass is 79.9. The number of halogens is 4. The van der Waals surface area contributed by atoms with E-state index in [9.17, 15) is 4.79 Å². The SMILES string of the molecule is CC(Oc1ccc(Cl)cc1Br)C(=O)Nc1ccc(Cl)cc1Cl. The number of carbonyl (C=O) groups excluding carboxylic acids is 1. The van der Waals surface area contributed by atoms with Gasteiger partial charge in [0.2, 0.25) is 0 Å². The van der Waals surface area contributed by atoms with E-state index in [1.54, 1.807) is 43.3 Å². The van der Waals surface area contributed by atoms with Crippen LogP contribution in [0.15, 0.2) is 40.9 Å². The van der Waals surface area contributed by atoms with Gasteiger partial charge in [-0.25, -0.2) is 0 Å². The first-order valence-corrected chi connectivity index (χ1v) is 8.17. The second kappa shape index (κ2) is 7.55. The van der Waals surface area contributed by atoms with Gasteiger partial charge in [0.25, 0.3) is 5.91 Å². The monoisotopic (exact) mass is 421 g/mol. The van der Waals surface area contributed by atoms with Gasteiger partial charge in [-0.15, -0.1) is 0 Å². The highest BCUT2D eigenvalue weighted by Crippen LogP contribution is 2.29. The van der Waals surface area contributed by atoms with Gasteiger partial charge in [0.05, 0.1) is 15.2 Å². The molecule has 0 bridgehead atoms. The van der Waals surface area contributed by atoms with Gasteiger partial charge in [0.1, 0.15) is 5.75 Å². The van der Waals surface area contributed by atoms with Crippen LogP contribution < -0.4 is 10.1 Å². The van der Waals surface area contributed by atoms with E-state index in [0.717, 1.165) is 0 Å². The summed E-state index contributed by atoms with van der Waals surface area (Å²) >= 11 is 21.0. The Morgan fingerprint density at radius 1 is 1.14 bits per heavy atom. The van der Waals surface area contributed by atoms with Gasteiger partial charge in [-0.1, -0.05) is 34.8 Å². The Kier molecular flexibility index (Phi) is 5.98.